The monoisotopic (exact) mass is 206 g/mol. The van der Waals surface area contributed by atoms with Gasteiger partial charge in [0.2, 0.25) is 0 Å². The van der Waals surface area contributed by atoms with Gasteiger partial charge in [-0.2, -0.15) is 5.26 Å². The molecule has 1 rings (SSSR count). The summed E-state index contributed by atoms with van der Waals surface area (Å²) < 4.78 is 0. The Kier molecular flexibility index (Phi) is 2.67. The number of rotatable bonds is 2. The van der Waals surface area contributed by atoms with E-state index in [4.69, 9.17) is 5.26 Å². The Morgan fingerprint density at radius 2 is 1.67 bits per heavy atom. The third kappa shape index (κ3) is 1.44. The lowest BCUT2D eigenvalue weighted by Gasteiger charge is -2.30. The lowest BCUT2D eigenvalue weighted by Crippen LogP contribution is -2.49. The van der Waals surface area contributed by atoms with Crippen LogP contribution in [0, 0.1) is 11.3 Å². The molecule has 0 spiro atoms. The van der Waals surface area contributed by atoms with Gasteiger partial charge in [-0.05, 0) is 27.2 Å². The van der Waals surface area contributed by atoms with Crippen molar-refractivity contribution in [1.82, 2.24) is 4.90 Å². The van der Waals surface area contributed by atoms with Gasteiger partial charge in [-0.3, -0.25) is 14.5 Å². The fourth-order valence-corrected chi connectivity index (χ4v) is 1.48. The molecule has 0 radical (unpaired) electrons. The first-order valence-corrected chi connectivity index (χ1v) is 4.86. The van der Waals surface area contributed by atoms with Crippen LogP contribution in [0.2, 0.25) is 0 Å². The molecule has 1 aliphatic rings. The Morgan fingerprint density at radius 1 is 1.27 bits per heavy atom. The molecule has 0 saturated carbocycles. The predicted octanol–water partition coefficient (Wildman–Crippen LogP) is 1.38. The van der Waals surface area contributed by atoms with Gasteiger partial charge in [0.25, 0.3) is 11.8 Å². The summed E-state index contributed by atoms with van der Waals surface area (Å²) in [5, 5.41) is 9.04. The highest BCUT2D eigenvalue weighted by atomic mass is 16.2. The highest BCUT2D eigenvalue weighted by molar-refractivity contribution is 6.19. The van der Waals surface area contributed by atoms with Crippen LogP contribution in [-0.4, -0.2) is 22.3 Å². The van der Waals surface area contributed by atoms with Crippen LogP contribution in [0.5, 0.6) is 0 Å². The summed E-state index contributed by atoms with van der Waals surface area (Å²) in [6, 6.07) is 2.03. The average molecular weight is 206 g/mol. The van der Waals surface area contributed by atoms with Crippen LogP contribution in [0.4, 0.5) is 0 Å². The molecular formula is C11H14N2O2. The van der Waals surface area contributed by atoms with E-state index in [0.717, 1.165) is 4.90 Å². The van der Waals surface area contributed by atoms with E-state index in [1.54, 1.807) is 27.7 Å². The van der Waals surface area contributed by atoms with Gasteiger partial charge < -0.3 is 0 Å². The minimum Gasteiger partial charge on any atom is -0.269 e. The van der Waals surface area contributed by atoms with Crippen molar-refractivity contribution in [3.05, 3.63) is 11.1 Å². The van der Waals surface area contributed by atoms with Gasteiger partial charge >= 0.3 is 0 Å². The largest absolute Gasteiger partial charge is 0.269 e. The first-order valence-electron chi connectivity index (χ1n) is 4.86. The van der Waals surface area contributed by atoms with Crippen LogP contribution in [0.25, 0.3) is 0 Å². The average Bonchev–Trinajstić information content (AvgIpc) is 2.43. The summed E-state index contributed by atoms with van der Waals surface area (Å²) in [6.07, 6.45) is 0.432. The number of imide groups is 1. The normalized spacial score (nSPS) is 20.6. The fourth-order valence-electron chi connectivity index (χ4n) is 1.48. The molecule has 1 heterocycles. The Balaban J connectivity index is 3.20. The summed E-state index contributed by atoms with van der Waals surface area (Å²) in [5.41, 5.74) is -0.155. The zero-order chi connectivity index (χ0) is 11.8. The van der Waals surface area contributed by atoms with E-state index in [1.165, 1.54) is 0 Å². The number of carbonyl (C=O) groups is 2. The predicted molar refractivity (Wildman–Crippen MR) is 54.5 cm³/mol. The molecule has 0 fully saturated rings. The van der Waals surface area contributed by atoms with E-state index in [1.807, 2.05) is 6.07 Å². The minimum atomic E-state index is -1.03. The zero-order valence-electron chi connectivity index (χ0n) is 9.42. The molecule has 0 saturated heterocycles. The van der Waals surface area contributed by atoms with Gasteiger partial charge in [0, 0.05) is 11.1 Å². The van der Waals surface area contributed by atoms with Crippen molar-refractivity contribution in [1.29, 1.82) is 5.26 Å². The SMILES string of the molecule is CCC(C)(C#N)N1C(=O)C(C)=C(C)C1=O. The lowest BCUT2D eigenvalue weighted by atomic mass is 9.98. The molecule has 15 heavy (non-hydrogen) atoms. The zero-order valence-corrected chi connectivity index (χ0v) is 9.42. The molecule has 2 amide bonds. The molecule has 0 N–H and O–H groups in total. The van der Waals surface area contributed by atoms with E-state index in [2.05, 4.69) is 0 Å². The lowest BCUT2D eigenvalue weighted by molar-refractivity contribution is -0.142. The van der Waals surface area contributed by atoms with E-state index >= 15 is 0 Å². The van der Waals surface area contributed by atoms with Crippen molar-refractivity contribution in [3.63, 3.8) is 0 Å². The highest BCUT2D eigenvalue weighted by Gasteiger charge is 2.44. The third-order valence-corrected chi connectivity index (χ3v) is 3.03. The number of nitriles is 1. The Morgan fingerprint density at radius 3 is 1.93 bits per heavy atom. The maximum atomic E-state index is 11.8. The second-order valence-corrected chi connectivity index (χ2v) is 3.93. The quantitative estimate of drug-likeness (QED) is 0.641. The molecule has 0 aromatic heterocycles. The summed E-state index contributed by atoms with van der Waals surface area (Å²) in [6.45, 7) is 6.62. The van der Waals surface area contributed by atoms with Gasteiger partial charge in [0.05, 0.1) is 6.07 Å². The molecule has 0 aliphatic carbocycles. The fraction of sp³-hybridized carbons (Fsp3) is 0.545. The van der Waals surface area contributed by atoms with Gasteiger partial charge in [-0.25, -0.2) is 0 Å². The molecule has 0 aromatic rings. The first kappa shape index (κ1) is 11.4. The van der Waals surface area contributed by atoms with Crippen molar-refractivity contribution < 1.29 is 9.59 Å². The third-order valence-electron chi connectivity index (χ3n) is 3.03. The van der Waals surface area contributed by atoms with Crippen LogP contribution in [0.3, 0.4) is 0 Å². The molecular weight excluding hydrogens is 192 g/mol. The number of nitrogens with zero attached hydrogens (tertiary/aromatic N) is 2. The number of amides is 2. The van der Waals surface area contributed by atoms with E-state index in [-0.39, 0.29) is 11.8 Å². The Bertz CT molecular complexity index is 379. The molecule has 1 unspecified atom stereocenters. The van der Waals surface area contributed by atoms with Crippen LogP contribution in [0.15, 0.2) is 11.1 Å². The number of hydrogen-bond donors (Lipinski definition) is 0. The van der Waals surface area contributed by atoms with Gasteiger partial charge in [0.15, 0.2) is 0 Å². The summed E-state index contributed by atoms with van der Waals surface area (Å²) in [5.74, 6) is -0.688. The Hall–Kier alpha value is -1.63. The number of hydrogen-bond acceptors (Lipinski definition) is 3. The Labute approximate surface area is 89.2 Å². The molecule has 4 nitrogen and oxygen atoms in total. The molecule has 80 valence electrons. The van der Waals surface area contributed by atoms with Crippen LogP contribution < -0.4 is 0 Å². The molecule has 4 heteroatoms. The van der Waals surface area contributed by atoms with Crippen molar-refractivity contribution in [3.8, 4) is 6.07 Å². The summed E-state index contributed by atoms with van der Waals surface area (Å²) in [7, 11) is 0. The topological polar surface area (TPSA) is 61.2 Å². The van der Waals surface area contributed by atoms with E-state index < -0.39 is 5.54 Å². The highest BCUT2D eigenvalue weighted by Crippen LogP contribution is 2.29. The van der Waals surface area contributed by atoms with Crippen molar-refractivity contribution in [2.24, 2.45) is 0 Å². The molecule has 1 aliphatic heterocycles. The van der Waals surface area contributed by atoms with Crippen molar-refractivity contribution in [2.45, 2.75) is 39.7 Å². The van der Waals surface area contributed by atoms with E-state index in [9.17, 15) is 9.59 Å². The van der Waals surface area contributed by atoms with E-state index in [0.29, 0.717) is 17.6 Å². The van der Waals surface area contributed by atoms with Gasteiger partial charge in [-0.1, -0.05) is 6.92 Å². The maximum absolute atomic E-state index is 11.8. The maximum Gasteiger partial charge on any atom is 0.258 e. The van der Waals surface area contributed by atoms with Crippen LogP contribution >= 0.6 is 0 Å². The number of carbonyl (C=O) groups excluding carboxylic acids is 2. The van der Waals surface area contributed by atoms with Crippen molar-refractivity contribution >= 4 is 11.8 Å². The first-order chi connectivity index (χ1) is 6.89. The standard InChI is InChI=1S/C11H14N2O2/c1-5-11(4,6-12)13-9(14)7(2)8(3)10(13)15/h5H2,1-4H3. The molecule has 0 aromatic carbocycles. The summed E-state index contributed by atoms with van der Waals surface area (Å²) in [4.78, 5) is 24.6. The second-order valence-electron chi connectivity index (χ2n) is 3.93. The molecule has 0 bridgehead atoms. The second kappa shape index (κ2) is 3.50. The minimum absolute atomic E-state index is 0.344. The van der Waals surface area contributed by atoms with Crippen LogP contribution in [-0.2, 0) is 9.59 Å². The van der Waals surface area contributed by atoms with Crippen molar-refractivity contribution in [2.75, 3.05) is 0 Å². The van der Waals surface area contributed by atoms with Gasteiger partial charge in [-0.15, -0.1) is 0 Å². The van der Waals surface area contributed by atoms with Crippen LogP contribution in [0.1, 0.15) is 34.1 Å². The van der Waals surface area contributed by atoms with Gasteiger partial charge in [0.1, 0.15) is 5.54 Å². The molecule has 1 atom stereocenters. The summed E-state index contributed by atoms with van der Waals surface area (Å²) >= 11 is 0. The smallest absolute Gasteiger partial charge is 0.258 e.